The number of anilines is 1. The number of piperidine rings is 1. The van der Waals surface area contributed by atoms with Gasteiger partial charge in [-0.25, -0.2) is 4.79 Å². The molecule has 2 aliphatic heterocycles. The average Bonchev–Trinajstić information content (AvgIpc) is 3.48. The molecule has 0 aliphatic carbocycles. The smallest absolute Gasteiger partial charge is 0.405 e. The first kappa shape index (κ1) is 26.5. The molecule has 0 radical (unpaired) electrons. The number of fused-ring (bicyclic) bond motifs is 3. The van der Waals surface area contributed by atoms with E-state index >= 15 is 0 Å². The van der Waals surface area contributed by atoms with Crippen molar-refractivity contribution in [3.05, 3.63) is 59.3 Å². The van der Waals surface area contributed by atoms with E-state index in [9.17, 15) is 32.7 Å². The third-order valence-electron chi connectivity index (χ3n) is 7.47. The number of alkyl halides is 3. The molecule has 206 valence electrons. The van der Waals surface area contributed by atoms with Crippen molar-refractivity contribution in [3.8, 4) is 0 Å². The number of H-pyrrole nitrogens is 1. The van der Waals surface area contributed by atoms with Crippen LogP contribution < -0.4 is 10.2 Å². The van der Waals surface area contributed by atoms with Crippen LogP contribution in [0.15, 0.2) is 42.6 Å². The molecule has 1 aromatic heterocycles. The number of aromatic amines is 1. The Labute approximate surface area is 220 Å². The van der Waals surface area contributed by atoms with Crippen molar-refractivity contribution >= 4 is 34.4 Å². The molecule has 3 heterocycles. The van der Waals surface area contributed by atoms with Crippen LogP contribution in [0.1, 0.15) is 39.1 Å². The van der Waals surface area contributed by atoms with Crippen molar-refractivity contribution in [2.45, 2.75) is 30.7 Å². The fourth-order valence-corrected chi connectivity index (χ4v) is 5.60. The minimum atomic E-state index is -4.59. The van der Waals surface area contributed by atoms with Crippen LogP contribution in [-0.2, 0) is 14.9 Å². The predicted octanol–water partition coefficient (Wildman–Crippen LogP) is 2.34. The van der Waals surface area contributed by atoms with Crippen molar-refractivity contribution < 1.29 is 37.4 Å². The molecule has 0 saturated carbocycles. The molecule has 3 N–H and O–H groups in total. The van der Waals surface area contributed by atoms with Gasteiger partial charge >= 0.3 is 12.1 Å². The number of halogens is 3. The maximum absolute atomic E-state index is 13.3. The Bertz CT molecular complexity index is 1430. The zero-order chi connectivity index (χ0) is 27.9. The number of hydrogen-bond acceptors (Lipinski definition) is 7. The number of nitrogens with one attached hydrogen (secondary N) is 2. The number of aliphatic hydroxyl groups is 1. The molecule has 13 heteroatoms. The normalized spacial score (nSPS) is 18.3. The number of methoxy groups -OCH3 is 1. The molecule has 2 aliphatic rings. The first-order valence-electron chi connectivity index (χ1n) is 12.3. The molecule has 0 bridgehead atoms. The Morgan fingerprint density at radius 2 is 1.95 bits per heavy atom. The van der Waals surface area contributed by atoms with E-state index in [4.69, 9.17) is 4.74 Å². The first-order valence-corrected chi connectivity index (χ1v) is 12.3. The van der Waals surface area contributed by atoms with E-state index in [1.54, 1.807) is 47.5 Å². The highest BCUT2D eigenvalue weighted by Crippen LogP contribution is 2.52. The van der Waals surface area contributed by atoms with Crippen LogP contribution in [-0.4, -0.2) is 83.7 Å². The summed E-state index contributed by atoms with van der Waals surface area (Å²) in [4.78, 5) is 41.3. The quantitative estimate of drug-likeness (QED) is 0.420. The lowest BCUT2D eigenvalue weighted by molar-refractivity contribution is -0.137. The third-order valence-corrected chi connectivity index (χ3v) is 7.47. The number of carbonyl (C=O) groups is 3. The van der Waals surface area contributed by atoms with E-state index in [1.165, 1.54) is 12.0 Å². The van der Waals surface area contributed by atoms with E-state index in [0.29, 0.717) is 16.8 Å². The highest BCUT2D eigenvalue weighted by atomic mass is 19.4. The molecule has 5 rings (SSSR count). The molecule has 3 aromatic rings. The molecule has 1 fully saturated rings. The number of likely N-dealkylation sites (tertiary alicyclic amines) is 1. The van der Waals surface area contributed by atoms with Gasteiger partial charge < -0.3 is 25.0 Å². The summed E-state index contributed by atoms with van der Waals surface area (Å²) in [6.07, 6.45) is -3.80. The van der Waals surface area contributed by atoms with Gasteiger partial charge in [0.2, 0.25) is 5.91 Å². The number of hydrogen-bond donors (Lipinski definition) is 3. The van der Waals surface area contributed by atoms with Crippen molar-refractivity contribution in [1.82, 2.24) is 20.4 Å². The Balaban J connectivity index is 1.42. The predicted molar refractivity (Wildman–Crippen MR) is 133 cm³/mol. The number of aliphatic hydroxyl groups excluding tert-OH is 1. The van der Waals surface area contributed by atoms with Gasteiger partial charge in [-0.2, -0.15) is 18.3 Å². The fraction of sp³-hybridized carbons (Fsp3) is 0.385. The summed E-state index contributed by atoms with van der Waals surface area (Å²) in [5, 5.41) is 21.0. The van der Waals surface area contributed by atoms with E-state index in [-0.39, 0.29) is 37.4 Å². The number of benzene rings is 2. The SMILES string of the molecule is COC(=O)c1cccc2c1C1(CCN(C(=O)c3ccc4[nH]ncc4c3)CC1)C(O)N2CC(=O)NCC(F)(F)F. The number of ether oxygens (including phenoxy) is 1. The molecule has 39 heavy (non-hydrogen) atoms. The summed E-state index contributed by atoms with van der Waals surface area (Å²) < 4.78 is 42.8. The molecule has 10 nitrogen and oxygen atoms in total. The molecule has 1 unspecified atom stereocenters. The van der Waals surface area contributed by atoms with Crippen molar-refractivity contribution in [1.29, 1.82) is 0 Å². The maximum atomic E-state index is 13.3. The van der Waals surface area contributed by atoms with Crippen LogP contribution in [0.5, 0.6) is 0 Å². The zero-order valence-corrected chi connectivity index (χ0v) is 20.9. The summed E-state index contributed by atoms with van der Waals surface area (Å²) >= 11 is 0. The van der Waals surface area contributed by atoms with Gasteiger partial charge in [0.1, 0.15) is 12.8 Å². The minimum absolute atomic E-state index is 0.192. The average molecular weight is 546 g/mol. The van der Waals surface area contributed by atoms with Gasteiger partial charge in [0.25, 0.3) is 5.91 Å². The van der Waals surface area contributed by atoms with E-state index in [0.717, 1.165) is 10.9 Å². The Kier molecular flexibility index (Phi) is 6.70. The van der Waals surface area contributed by atoms with Crippen molar-refractivity contribution in [2.75, 3.05) is 38.2 Å². The maximum Gasteiger partial charge on any atom is 0.405 e. The monoisotopic (exact) mass is 545 g/mol. The van der Waals surface area contributed by atoms with E-state index < -0.39 is 42.8 Å². The zero-order valence-electron chi connectivity index (χ0n) is 20.9. The van der Waals surface area contributed by atoms with Crippen LogP contribution in [0, 0.1) is 0 Å². The lowest BCUT2D eigenvalue weighted by Gasteiger charge is -2.43. The summed E-state index contributed by atoms with van der Waals surface area (Å²) in [7, 11) is 1.22. The number of carbonyl (C=O) groups excluding carboxylic acids is 3. The molecular weight excluding hydrogens is 519 g/mol. The van der Waals surface area contributed by atoms with E-state index in [2.05, 4.69) is 10.2 Å². The molecular formula is C26H26F3N5O5. The first-order chi connectivity index (χ1) is 18.5. The highest BCUT2D eigenvalue weighted by Gasteiger charge is 2.54. The topological polar surface area (TPSA) is 128 Å². The van der Waals surface area contributed by atoms with Crippen LogP contribution >= 0.6 is 0 Å². The van der Waals surface area contributed by atoms with Crippen LogP contribution in [0.2, 0.25) is 0 Å². The highest BCUT2D eigenvalue weighted by molar-refractivity contribution is 5.98. The molecule has 1 spiro atoms. The second-order valence-corrected chi connectivity index (χ2v) is 9.71. The van der Waals surface area contributed by atoms with Crippen LogP contribution in [0.4, 0.5) is 18.9 Å². The standard InChI is InChI=1S/C26H26F3N5O5/c1-39-23(37)17-3-2-4-19-21(17)25(24(38)34(19)13-20(35)30-14-26(27,28)29)7-9-33(10-8-25)22(36)15-5-6-18-16(11-15)12-31-32-18/h2-6,11-12,24,38H,7-10,13-14H2,1H3,(H,30,35)(H,31,32). The van der Waals surface area contributed by atoms with Crippen molar-refractivity contribution in [3.63, 3.8) is 0 Å². The lowest BCUT2D eigenvalue weighted by Crippen LogP contribution is -2.54. The van der Waals surface area contributed by atoms with Crippen LogP contribution in [0.25, 0.3) is 10.9 Å². The number of rotatable bonds is 5. The molecule has 2 amide bonds. The lowest BCUT2D eigenvalue weighted by atomic mass is 9.71. The van der Waals surface area contributed by atoms with Gasteiger partial charge in [-0.15, -0.1) is 0 Å². The van der Waals surface area contributed by atoms with Crippen molar-refractivity contribution in [2.24, 2.45) is 0 Å². The van der Waals surface area contributed by atoms with Gasteiger partial charge in [0.05, 0.1) is 30.9 Å². The van der Waals surface area contributed by atoms with Gasteiger partial charge in [-0.1, -0.05) is 6.07 Å². The second-order valence-electron chi connectivity index (χ2n) is 9.71. The summed E-state index contributed by atoms with van der Waals surface area (Å²) in [5.74, 6) is -1.78. The van der Waals surface area contributed by atoms with Gasteiger partial charge in [0.15, 0.2) is 0 Å². The number of nitrogens with zero attached hydrogens (tertiary/aromatic N) is 3. The Morgan fingerprint density at radius 1 is 1.21 bits per heavy atom. The fourth-order valence-electron chi connectivity index (χ4n) is 5.60. The van der Waals surface area contributed by atoms with Gasteiger partial charge in [-0.3, -0.25) is 14.7 Å². The second kappa shape index (κ2) is 9.88. The largest absolute Gasteiger partial charge is 0.465 e. The van der Waals surface area contributed by atoms with E-state index in [1.807, 2.05) is 5.32 Å². The van der Waals surface area contributed by atoms with Gasteiger partial charge in [0, 0.05) is 40.7 Å². The number of aromatic nitrogens is 2. The Hall–Kier alpha value is -4.13. The summed E-state index contributed by atoms with van der Waals surface area (Å²) in [5.41, 5.74) is 1.22. The van der Waals surface area contributed by atoms with Gasteiger partial charge in [-0.05, 0) is 43.2 Å². The number of esters is 1. The molecule has 1 atom stereocenters. The summed E-state index contributed by atoms with van der Waals surface area (Å²) in [6.45, 7) is -1.58. The molecule has 2 aromatic carbocycles. The molecule has 1 saturated heterocycles. The Morgan fingerprint density at radius 3 is 2.64 bits per heavy atom. The van der Waals surface area contributed by atoms with Crippen LogP contribution in [0.3, 0.4) is 0 Å². The minimum Gasteiger partial charge on any atom is -0.465 e. The summed E-state index contributed by atoms with van der Waals surface area (Å²) in [6, 6.07) is 9.91. The third kappa shape index (κ3) is 4.78. The number of amides is 2.